The van der Waals surface area contributed by atoms with Crippen LogP contribution >= 0.6 is 23.2 Å². The van der Waals surface area contributed by atoms with Crippen molar-refractivity contribution in [3.8, 4) is 0 Å². The number of amides is 1. The number of ether oxygens (including phenoxy) is 1. The lowest BCUT2D eigenvalue weighted by Gasteiger charge is -2.16. The van der Waals surface area contributed by atoms with Crippen molar-refractivity contribution in [1.82, 2.24) is 5.32 Å². The quantitative estimate of drug-likeness (QED) is 0.861. The Bertz CT molecular complexity index is 617. The maximum absolute atomic E-state index is 11.8. The Labute approximate surface area is 133 Å². The van der Waals surface area contributed by atoms with E-state index in [0.717, 1.165) is 11.1 Å². The fraction of sp³-hybridized carbons (Fsp3) is 0.188. The summed E-state index contributed by atoms with van der Waals surface area (Å²) in [4.78, 5) is 11.8. The average Bonchev–Trinajstić information content (AvgIpc) is 2.46. The van der Waals surface area contributed by atoms with E-state index in [1.165, 1.54) is 0 Å². The van der Waals surface area contributed by atoms with Crippen LogP contribution in [0.15, 0.2) is 48.5 Å². The Hall–Kier alpha value is -1.71. The fourth-order valence-electron chi connectivity index (χ4n) is 1.87. The molecule has 0 bridgehead atoms. The molecule has 21 heavy (non-hydrogen) atoms. The molecule has 0 aliphatic carbocycles. The molecule has 1 amide bonds. The molecule has 1 unspecified atom stereocenters. The zero-order chi connectivity index (χ0) is 15.2. The van der Waals surface area contributed by atoms with Gasteiger partial charge in [0.25, 0.3) is 0 Å². The summed E-state index contributed by atoms with van der Waals surface area (Å²) in [6.45, 7) is 2.06. The molecule has 1 atom stereocenters. The third-order valence-electron chi connectivity index (χ3n) is 2.98. The van der Waals surface area contributed by atoms with Gasteiger partial charge in [-0.2, -0.15) is 0 Å². The number of carbonyl (C=O) groups excluding carboxylic acids is 1. The molecule has 0 saturated carbocycles. The molecule has 0 radical (unpaired) electrons. The van der Waals surface area contributed by atoms with Crippen LogP contribution in [0.4, 0.5) is 4.79 Å². The lowest BCUT2D eigenvalue weighted by atomic mass is 10.1. The third kappa shape index (κ3) is 4.66. The van der Waals surface area contributed by atoms with Crippen LogP contribution in [-0.4, -0.2) is 6.09 Å². The molecule has 0 aliphatic rings. The summed E-state index contributed by atoms with van der Waals surface area (Å²) in [7, 11) is 0. The van der Waals surface area contributed by atoms with E-state index in [0.29, 0.717) is 10.0 Å². The Kier molecular flexibility index (Phi) is 5.48. The minimum Gasteiger partial charge on any atom is -0.445 e. The van der Waals surface area contributed by atoms with Gasteiger partial charge in [-0.05, 0) is 30.2 Å². The highest BCUT2D eigenvalue weighted by molar-refractivity contribution is 6.35. The second kappa shape index (κ2) is 7.34. The van der Waals surface area contributed by atoms with Gasteiger partial charge in [0.2, 0.25) is 0 Å². The molecule has 110 valence electrons. The predicted molar refractivity (Wildman–Crippen MR) is 84.6 cm³/mol. The van der Waals surface area contributed by atoms with Gasteiger partial charge in [0.1, 0.15) is 6.61 Å². The van der Waals surface area contributed by atoms with Crippen LogP contribution in [-0.2, 0) is 11.3 Å². The van der Waals surface area contributed by atoms with Crippen LogP contribution in [0.5, 0.6) is 0 Å². The average molecular weight is 324 g/mol. The van der Waals surface area contributed by atoms with E-state index in [9.17, 15) is 4.79 Å². The number of alkyl carbamates (subject to hydrolysis) is 1. The van der Waals surface area contributed by atoms with Crippen molar-refractivity contribution in [1.29, 1.82) is 0 Å². The molecule has 0 aliphatic heterocycles. The van der Waals surface area contributed by atoms with E-state index in [1.54, 1.807) is 18.2 Å². The van der Waals surface area contributed by atoms with Crippen molar-refractivity contribution in [2.24, 2.45) is 0 Å². The first-order valence-corrected chi connectivity index (χ1v) is 7.24. The van der Waals surface area contributed by atoms with Crippen molar-refractivity contribution < 1.29 is 9.53 Å². The summed E-state index contributed by atoms with van der Waals surface area (Å²) in [6, 6.07) is 14.4. The second-order valence-corrected chi connectivity index (χ2v) is 5.44. The van der Waals surface area contributed by atoms with E-state index in [2.05, 4.69) is 5.32 Å². The Balaban J connectivity index is 1.90. The van der Waals surface area contributed by atoms with E-state index >= 15 is 0 Å². The first-order valence-electron chi connectivity index (χ1n) is 6.48. The van der Waals surface area contributed by atoms with E-state index < -0.39 is 6.09 Å². The number of benzene rings is 2. The van der Waals surface area contributed by atoms with Crippen LogP contribution < -0.4 is 5.32 Å². The highest BCUT2D eigenvalue weighted by Crippen LogP contribution is 2.26. The van der Waals surface area contributed by atoms with E-state index in [1.807, 2.05) is 37.3 Å². The van der Waals surface area contributed by atoms with Crippen LogP contribution in [0.3, 0.4) is 0 Å². The zero-order valence-electron chi connectivity index (χ0n) is 11.5. The molecule has 0 aromatic heterocycles. The molecular formula is C16H15Cl2NO2. The molecule has 0 heterocycles. The van der Waals surface area contributed by atoms with Crippen LogP contribution in [0.25, 0.3) is 0 Å². The topological polar surface area (TPSA) is 38.3 Å². The van der Waals surface area contributed by atoms with Crippen molar-refractivity contribution in [3.63, 3.8) is 0 Å². The van der Waals surface area contributed by atoms with Gasteiger partial charge in [-0.3, -0.25) is 0 Å². The standard InChI is InChI=1S/C16H15Cl2NO2/c1-11(14-8-7-13(17)9-15(14)18)19-16(20)21-10-12-5-3-2-4-6-12/h2-9,11H,10H2,1H3,(H,19,20). The third-order valence-corrected chi connectivity index (χ3v) is 3.54. The van der Waals surface area contributed by atoms with Gasteiger partial charge in [-0.25, -0.2) is 4.79 Å². The number of hydrogen-bond donors (Lipinski definition) is 1. The van der Waals surface area contributed by atoms with Gasteiger partial charge in [0.15, 0.2) is 0 Å². The SMILES string of the molecule is CC(NC(=O)OCc1ccccc1)c1ccc(Cl)cc1Cl. The lowest BCUT2D eigenvalue weighted by molar-refractivity contribution is 0.136. The first-order chi connectivity index (χ1) is 10.1. The molecule has 1 N–H and O–H groups in total. The van der Waals surface area contributed by atoms with E-state index in [4.69, 9.17) is 27.9 Å². The zero-order valence-corrected chi connectivity index (χ0v) is 13.0. The Morgan fingerprint density at radius 2 is 1.90 bits per heavy atom. The van der Waals surface area contributed by atoms with Gasteiger partial charge in [0.05, 0.1) is 6.04 Å². The maximum Gasteiger partial charge on any atom is 0.407 e. The summed E-state index contributed by atoms with van der Waals surface area (Å²) in [5, 5.41) is 3.81. The molecule has 2 rings (SSSR count). The van der Waals surface area contributed by atoms with Gasteiger partial charge in [0, 0.05) is 10.0 Å². The number of carbonyl (C=O) groups is 1. The Morgan fingerprint density at radius 3 is 2.57 bits per heavy atom. The normalized spacial score (nSPS) is 11.8. The lowest BCUT2D eigenvalue weighted by Crippen LogP contribution is -2.27. The van der Waals surface area contributed by atoms with E-state index in [-0.39, 0.29) is 12.6 Å². The van der Waals surface area contributed by atoms with Gasteiger partial charge in [-0.1, -0.05) is 59.6 Å². The molecular weight excluding hydrogens is 309 g/mol. The number of hydrogen-bond acceptors (Lipinski definition) is 2. The smallest absolute Gasteiger partial charge is 0.407 e. The summed E-state index contributed by atoms with van der Waals surface area (Å²) in [5.41, 5.74) is 1.72. The summed E-state index contributed by atoms with van der Waals surface area (Å²) in [6.07, 6.45) is -0.489. The largest absolute Gasteiger partial charge is 0.445 e. The number of nitrogens with one attached hydrogen (secondary N) is 1. The van der Waals surface area contributed by atoms with Gasteiger partial charge >= 0.3 is 6.09 Å². The molecule has 0 spiro atoms. The van der Waals surface area contributed by atoms with Crippen molar-refractivity contribution in [2.45, 2.75) is 19.6 Å². The number of halogens is 2. The summed E-state index contributed by atoms with van der Waals surface area (Å²) in [5.74, 6) is 0. The predicted octanol–water partition coefficient (Wildman–Crippen LogP) is 4.98. The molecule has 0 saturated heterocycles. The fourth-order valence-corrected chi connectivity index (χ4v) is 2.44. The van der Waals surface area contributed by atoms with Gasteiger partial charge < -0.3 is 10.1 Å². The highest BCUT2D eigenvalue weighted by atomic mass is 35.5. The van der Waals surface area contributed by atoms with Crippen molar-refractivity contribution >= 4 is 29.3 Å². The van der Waals surface area contributed by atoms with Gasteiger partial charge in [-0.15, -0.1) is 0 Å². The molecule has 5 heteroatoms. The summed E-state index contributed by atoms with van der Waals surface area (Å²) >= 11 is 12.0. The summed E-state index contributed by atoms with van der Waals surface area (Å²) < 4.78 is 5.16. The maximum atomic E-state index is 11.8. The highest BCUT2D eigenvalue weighted by Gasteiger charge is 2.13. The van der Waals surface area contributed by atoms with Crippen molar-refractivity contribution in [3.05, 3.63) is 69.7 Å². The number of rotatable bonds is 4. The van der Waals surface area contributed by atoms with Crippen molar-refractivity contribution in [2.75, 3.05) is 0 Å². The Morgan fingerprint density at radius 1 is 1.19 bits per heavy atom. The molecule has 0 fully saturated rings. The minimum absolute atomic E-state index is 0.230. The molecule has 3 nitrogen and oxygen atoms in total. The van der Waals surface area contributed by atoms with Crippen LogP contribution in [0, 0.1) is 0 Å². The first kappa shape index (κ1) is 15.7. The minimum atomic E-state index is -0.489. The van der Waals surface area contributed by atoms with Crippen LogP contribution in [0.2, 0.25) is 10.0 Å². The molecule has 2 aromatic carbocycles. The monoisotopic (exact) mass is 323 g/mol. The van der Waals surface area contributed by atoms with Crippen LogP contribution in [0.1, 0.15) is 24.1 Å². The molecule has 2 aromatic rings. The second-order valence-electron chi connectivity index (χ2n) is 4.59.